The molecule has 2 aliphatic heterocycles. The molecule has 0 aromatic carbocycles. The van der Waals surface area contributed by atoms with Crippen molar-refractivity contribution in [1.29, 1.82) is 0 Å². The van der Waals surface area contributed by atoms with Gasteiger partial charge < -0.3 is 10.0 Å². The lowest BCUT2D eigenvalue weighted by molar-refractivity contribution is -0.140. The second kappa shape index (κ2) is 3.17. The van der Waals surface area contributed by atoms with E-state index in [1.807, 2.05) is 0 Å². The van der Waals surface area contributed by atoms with Crippen molar-refractivity contribution in [3.63, 3.8) is 0 Å². The number of hydrogen-bond donors (Lipinski definition) is 1. The van der Waals surface area contributed by atoms with Gasteiger partial charge in [0.25, 0.3) is 5.91 Å². The molecule has 0 radical (unpaired) electrons. The van der Waals surface area contributed by atoms with E-state index in [2.05, 4.69) is 0 Å². The first-order valence-electron chi connectivity index (χ1n) is 5.96. The highest BCUT2D eigenvalue weighted by Crippen LogP contribution is 2.44. The zero-order valence-corrected chi connectivity index (χ0v) is 9.16. The Morgan fingerprint density at radius 2 is 1.88 bits per heavy atom. The number of carbonyl (C=O) groups excluding carboxylic acids is 2. The van der Waals surface area contributed by atoms with Crippen LogP contribution in [0.5, 0.6) is 0 Å². The van der Waals surface area contributed by atoms with Gasteiger partial charge in [-0.1, -0.05) is 0 Å². The normalized spacial score (nSPS) is 34.2. The SMILES string of the molecule is O=C1C(=O)N2CCCCC3(O)CCCC1=C23. The summed E-state index contributed by atoms with van der Waals surface area (Å²) in [5, 5.41) is 10.6. The number of Topliss-reactive ketones (excluding diaryl/α,β-unsaturated/α-hetero) is 1. The Kier molecular flexibility index (Phi) is 1.98. The second-order valence-electron chi connectivity index (χ2n) is 4.96. The second-order valence-corrected chi connectivity index (χ2v) is 4.96. The van der Waals surface area contributed by atoms with Gasteiger partial charge >= 0.3 is 0 Å². The molecule has 1 aliphatic carbocycles. The third-order valence-corrected chi connectivity index (χ3v) is 3.95. The third-order valence-electron chi connectivity index (χ3n) is 3.95. The van der Waals surface area contributed by atoms with Crippen molar-refractivity contribution in [2.45, 2.75) is 44.1 Å². The average molecular weight is 221 g/mol. The Balaban J connectivity index is 2.16. The van der Waals surface area contributed by atoms with E-state index in [1.54, 1.807) is 0 Å². The maximum Gasteiger partial charge on any atom is 0.298 e. The van der Waals surface area contributed by atoms with Crippen molar-refractivity contribution in [2.75, 3.05) is 6.54 Å². The molecule has 0 bridgehead atoms. The van der Waals surface area contributed by atoms with Crippen LogP contribution in [0, 0.1) is 0 Å². The number of ketones is 1. The molecule has 0 aromatic heterocycles. The largest absolute Gasteiger partial charge is 0.384 e. The molecular weight excluding hydrogens is 206 g/mol. The number of amides is 1. The number of carbonyl (C=O) groups is 2. The maximum absolute atomic E-state index is 11.8. The zero-order valence-electron chi connectivity index (χ0n) is 9.16. The molecule has 2 heterocycles. The van der Waals surface area contributed by atoms with Crippen LogP contribution in [0.2, 0.25) is 0 Å². The van der Waals surface area contributed by atoms with Crippen LogP contribution in [0.15, 0.2) is 11.3 Å². The van der Waals surface area contributed by atoms with E-state index < -0.39 is 11.5 Å². The van der Waals surface area contributed by atoms with Crippen molar-refractivity contribution in [3.05, 3.63) is 11.3 Å². The molecule has 3 rings (SSSR count). The first-order valence-corrected chi connectivity index (χ1v) is 5.96. The quantitative estimate of drug-likeness (QED) is 0.614. The fraction of sp³-hybridized carbons (Fsp3) is 0.667. The Labute approximate surface area is 93.9 Å². The molecule has 4 nitrogen and oxygen atoms in total. The summed E-state index contributed by atoms with van der Waals surface area (Å²) in [5.41, 5.74) is 0.318. The van der Waals surface area contributed by atoms with Crippen molar-refractivity contribution in [1.82, 2.24) is 4.90 Å². The van der Waals surface area contributed by atoms with E-state index in [4.69, 9.17) is 0 Å². The highest BCUT2D eigenvalue weighted by atomic mass is 16.3. The molecule has 4 heteroatoms. The minimum absolute atomic E-state index is 0.380. The third kappa shape index (κ3) is 1.13. The maximum atomic E-state index is 11.8. The van der Waals surface area contributed by atoms with Gasteiger partial charge in [0.2, 0.25) is 5.78 Å². The smallest absolute Gasteiger partial charge is 0.298 e. The first-order chi connectivity index (χ1) is 7.63. The first kappa shape index (κ1) is 10.0. The van der Waals surface area contributed by atoms with Crippen LogP contribution < -0.4 is 0 Å². The minimum Gasteiger partial charge on any atom is -0.384 e. The Bertz CT molecular complexity index is 412. The number of aliphatic hydroxyl groups is 1. The van der Waals surface area contributed by atoms with Gasteiger partial charge in [0, 0.05) is 12.1 Å². The monoisotopic (exact) mass is 221 g/mol. The molecule has 86 valence electrons. The van der Waals surface area contributed by atoms with Gasteiger partial charge in [-0.25, -0.2) is 0 Å². The molecule has 0 aromatic rings. The summed E-state index contributed by atoms with van der Waals surface area (Å²) < 4.78 is 0. The molecule has 1 saturated heterocycles. The number of nitrogens with zero attached hydrogens (tertiary/aromatic N) is 1. The topological polar surface area (TPSA) is 57.6 Å². The van der Waals surface area contributed by atoms with Crippen molar-refractivity contribution in [2.24, 2.45) is 0 Å². The molecular formula is C12H15NO3. The van der Waals surface area contributed by atoms with E-state index in [1.165, 1.54) is 4.90 Å². The van der Waals surface area contributed by atoms with Gasteiger partial charge in [0.1, 0.15) is 5.60 Å². The predicted molar refractivity (Wildman–Crippen MR) is 56.4 cm³/mol. The van der Waals surface area contributed by atoms with E-state index >= 15 is 0 Å². The van der Waals surface area contributed by atoms with Gasteiger partial charge in [-0.2, -0.15) is 0 Å². The fourth-order valence-electron chi connectivity index (χ4n) is 3.21. The summed E-state index contributed by atoms with van der Waals surface area (Å²) in [5.74, 6) is -0.803. The lowest BCUT2D eigenvalue weighted by atomic mass is 9.81. The summed E-state index contributed by atoms with van der Waals surface area (Å²) in [6, 6.07) is 0. The fourth-order valence-corrected chi connectivity index (χ4v) is 3.21. The molecule has 1 unspecified atom stereocenters. The van der Waals surface area contributed by atoms with E-state index in [-0.39, 0.29) is 5.78 Å². The Morgan fingerprint density at radius 1 is 1.12 bits per heavy atom. The molecule has 16 heavy (non-hydrogen) atoms. The van der Waals surface area contributed by atoms with Crippen LogP contribution in [-0.4, -0.2) is 33.8 Å². The van der Waals surface area contributed by atoms with Gasteiger partial charge in [-0.05, 0) is 38.5 Å². The molecule has 1 amide bonds. The number of hydrogen-bond acceptors (Lipinski definition) is 3. The van der Waals surface area contributed by atoms with E-state index in [0.29, 0.717) is 37.1 Å². The molecule has 1 atom stereocenters. The lowest BCUT2D eigenvalue weighted by Gasteiger charge is -2.35. The average Bonchev–Trinajstić information content (AvgIpc) is 2.45. The minimum atomic E-state index is -0.911. The molecule has 0 saturated carbocycles. The standard InChI is InChI=1S/C12H15NO3/c14-9-8-4-3-6-12(16)5-1-2-7-13(10(8)12)11(9)15/h16H,1-7H2. The lowest BCUT2D eigenvalue weighted by Crippen LogP contribution is -2.40. The summed E-state index contributed by atoms with van der Waals surface area (Å²) in [6.07, 6.45) is 4.62. The predicted octanol–water partition coefficient (Wildman–Crippen LogP) is 0.751. The van der Waals surface area contributed by atoms with Gasteiger partial charge in [0.15, 0.2) is 0 Å². The highest BCUT2D eigenvalue weighted by molar-refractivity contribution is 6.45. The van der Waals surface area contributed by atoms with Crippen LogP contribution in [-0.2, 0) is 9.59 Å². The summed E-state index contributed by atoms with van der Waals surface area (Å²) in [7, 11) is 0. The van der Waals surface area contributed by atoms with Gasteiger partial charge in [0.05, 0.1) is 5.70 Å². The molecule has 3 aliphatic rings. The van der Waals surface area contributed by atoms with Crippen molar-refractivity contribution >= 4 is 11.7 Å². The highest BCUT2D eigenvalue weighted by Gasteiger charge is 2.50. The van der Waals surface area contributed by atoms with Gasteiger partial charge in [-0.3, -0.25) is 9.59 Å². The van der Waals surface area contributed by atoms with Crippen molar-refractivity contribution < 1.29 is 14.7 Å². The summed E-state index contributed by atoms with van der Waals surface area (Å²) in [6.45, 7) is 0.589. The van der Waals surface area contributed by atoms with Crippen LogP contribution in [0.25, 0.3) is 0 Å². The van der Waals surface area contributed by atoms with Crippen LogP contribution in [0.3, 0.4) is 0 Å². The Hall–Kier alpha value is -1.16. The van der Waals surface area contributed by atoms with Crippen LogP contribution in [0.4, 0.5) is 0 Å². The van der Waals surface area contributed by atoms with E-state index in [9.17, 15) is 14.7 Å². The van der Waals surface area contributed by atoms with Crippen LogP contribution >= 0.6 is 0 Å². The van der Waals surface area contributed by atoms with Crippen LogP contribution in [0.1, 0.15) is 38.5 Å². The van der Waals surface area contributed by atoms with Gasteiger partial charge in [-0.15, -0.1) is 0 Å². The molecule has 1 N–H and O–H groups in total. The Morgan fingerprint density at radius 3 is 2.69 bits per heavy atom. The summed E-state index contributed by atoms with van der Waals surface area (Å²) >= 11 is 0. The zero-order chi connectivity index (χ0) is 11.3. The molecule has 0 spiro atoms. The molecule has 1 fully saturated rings. The summed E-state index contributed by atoms with van der Waals surface area (Å²) in [4.78, 5) is 25.1. The van der Waals surface area contributed by atoms with Crippen molar-refractivity contribution in [3.8, 4) is 0 Å². The number of rotatable bonds is 0. The van der Waals surface area contributed by atoms with E-state index in [0.717, 1.165) is 19.3 Å².